The monoisotopic (exact) mass is 579 g/mol. The van der Waals surface area contributed by atoms with Gasteiger partial charge < -0.3 is 20.3 Å². The molecule has 0 radical (unpaired) electrons. The highest BCUT2D eigenvalue weighted by atomic mass is 16.2. The maximum Gasteiger partial charge on any atom is 0.236 e. The molecule has 2 saturated heterocycles. The van der Waals surface area contributed by atoms with Gasteiger partial charge in [-0.05, 0) is 50.9 Å². The van der Waals surface area contributed by atoms with Crippen molar-refractivity contribution in [2.45, 2.75) is 78.8 Å². The van der Waals surface area contributed by atoms with Crippen molar-refractivity contribution >= 4 is 24.4 Å². The van der Waals surface area contributed by atoms with E-state index in [1.54, 1.807) is 0 Å². The molecule has 0 bridgehead atoms. The number of hydrogen-bond acceptors (Lipinski definition) is 9. The van der Waals surface area contributed by atoms with E-state index in [9.17, 15) is 19.2 Å². The van der Waals surface area contributed by atoms with Crippen molar-refractivity contribution in [3.8, 4) is 0 Å². The predicted molar refractivity (Wildman–Crippen MR) is 164 cm³/mol. The zero-order chi connectivity index (χ0) is 30.8. The van der Waals surface area contributed by atoms with Crippen LogP contribution in [-0.4, -0.2) is 110 Å². The van der Waals surface area contributed by atoms with Gasteiger partial charge in [0, 0.05) is 76.4 Å². The Bertz CT molecular complexity index is 796. The minimum atomic E-state index is -0.0138. The molecule has 0 aromatic heterocycles. The van der Waals surface area contributed by atoms with Gasteiger partial charge >= 0.3 is 0 Å². The van der Waals surface area contributed by atoms with E-state index < -0.39 is 0 Å². The van der Waals surface area contributed by atoms with Crippen LogP contribution in [0.3, 0.4) is 0 Å². The molecule has 0 spiro atoms. The number of allylic oxidation sites excluding steroid dienone is 1. The second kappa shape index (κ2) is 20.5. The van der Waals surface area contributed by atoms with E-state index in [1.807, 2.05) is 25.7 Å². The van der Waals surface area contributed by atoms with E-state index in [-0.39, 0.29) is 35.6 Å². The molecule has 2 heterocycles. The Labute approximate surface area is 248 Å². The van der Waals surface area contributed by atoms with Crippen molar-refractivity contribution in [1.82, 2.24) is 30.8 Å². The first-order valence-corrected chi connectivity index (χ1v) is 15.3. The van der Waals surface area contributed by atoms with Crippen LogP contribution in [0.2, 0.25) is 0 Å². The van der Waals surface area contributed by atoms with Crippen molar-refractivity contribution < 1.29 is 19.2 Å². The topological polar surface area (TPSA) is 140 Å². The Kier molecular flexibility index (Phi) is 18.4. The molecule has 11 nitrogen and oxygen atoms in total. The van der Waals surface area contributed by atoms with Crippen LogP contribution in [0.25, 0.3) is 0 Å². The number of likely N-dealkylation sites (tertiary alicyclic amines) is 1. The third-order valence-corrected chi connectivity index (χ3v) is 8.21. The summed E-state index contributed by atoms with van der Waals surface area (Å²) in [5.41, 5.74) is 3.72. The van der Waals surface area contributed by atoms with Gasteiger partial charge in [-0.25, -0.2) is 0 Å². The molecule has 236 valence electrons. The van der Waals surface area contributed by atoms with E-state index in [1.165, 1.54) is 0 Å². The smallest absolute Gasteiger partial charge is 0.236 e. The molecule has 5 N–H and O–H groups in total. The minimum absolute atomic E-state index is 0.0104. The highest BCUT2D eigenvalue weighted by Crippen LogP contribution is 2.24. The van der Waals surface area contributed by atoms with Gasteiger partial charge in [0.15, 0.2) is 0 Å². The van der Waals surface area contributed by atoms with Gasteiger partial charge in [-0.3, -0.25) is 35.5 Å². The number of carbonyl (C=O) groups excluding carboxylic acids is 4. The molecular formula is C30H57N7O4. The Morgan fingerprint density at radius 1 is 0.902 bits per heavy atom. The minimum Gasteiger partial charge on any atom is -0.388 e. The lowest BCUT2D eigenvalue weighted by Crippen LogP contribution is -2.50. The van der Waals surface area contributed by atoms with Crippen LogP contribution < -0.4 is 21.9 Å². The standard InChI is InChI=1S/C18H36N4O2.C12H21N3O2/c1-12(2)9-13(3)20-8-7-17(24)10-18(16(6)22-19)14(4)15(5)21-11-23;16-10-9-13-5-7-14(8-6-13)11-12(17)15-3-1-2-4-15/h11-12,14-16,18,20,22H,3,7-10,19H2,1-2,4-6H3,(H,21,23);10H,1-9,11H2. The maximum absolute atomic E-state index is 12.3. The maximum atomic E-state index is 12.3. The van der Waals surface area contributed by atoms with Crippen molar-refractivity contribution in [2.24, 2.45) is 23.6 Å². The third-order valence-electron chi connectivity index (χ3n) is 8.21. The quantitative estimate of drug-likeness (QED) is 0.107. The van der Waals surface area contributed by atoms with Crippen LogP contribution in [0.5, 0.6) is 0 Å². The largest absolute Gasteiger partial charge is 0.388 e. The average molecular weight is 580 g/mol. The molecule has 2 aliphatic heterocycles. The number of rotatable bonds is 18. The number of hydrazine groups is 1. The van der Waals surface area contributed by atoms with E-state index in [0.29, 0.717) is 44.8 Å². The van der Waals surface area contributed by atoms with Crippen LogP contribution in [0.15, 0.2) is 12.3 Å². The summed E-state index contributed by atoms with van der Waals surface area (Å²) in [4.78, 5) is 51.6. The highest BCUT2D eigenvalue weighted by molar-refractivity contribution is 5.79. The average Bonchev–Trinajstić information content (AvgIpc) is 3.48. The summed E-state index contributed by atoms with van der Waals surface area (Å²) in [7, 11) is 0. The van der Waals surface area contributed by atoms with Gasteiger partial charge in [-0.1, -0.05) is 27.4 Å². The first kappa shape index (κ1) is 36.7. The highest BCUT2D eigenvalue weighted by Gasteiger charge is 2.29. The van der Waals surface area contributed by atoms with E-state index in [0.717, 1.165) is 70.5 Å². The molecule has 0 aromatic carbocycles. The number of piperazine rings is 1. The van der Waals surface area contributed by atoms with Crippen molar-refractivity contribution in [3.05, 3.63) is 12.3 Å². The third kappa shape index (κ3) is 14.9. The summed E-state index contributed by atoms with van der Waals surface area (Å²) in [6.07, 6.45) is 5.77. The van der Waals surface area contributed by atoms with Gasteiger partial charge in [-0.15, -0.1) is 0 Å². The molecule has 11 heteroatoms. The zero-order valence-electron chi connectivity index (χ0n) is 26.2. The lowest BCUT2D eigenvalue weighted by atomic mass is 9.80. The number of nitrogens with two attached hydrogens (primary N) is 1. The summed E-state index contributed by atoms with van der Waals surface area (Å²) in [6, 6.07) is -0.0243. The molecule has 0 saturated carbocycles. The van der Waals surface area contributed by atoms with Gasteiger partial charge in [0.05, 0.1) is 13.1 Å². The fourth-order valence-electron chi connectivity index (χ4n) is 5.37. The Morgan fingerprint density at radius 2 is 1.51 bits per heavy atom. The molecule has 0 aliphatic carbocycles. The van der Waals surface area contributed by atoms with E-state index >= 15 is 0 Å². The number of carbonyl (C=O) groups is 4. The number of nitrogens with zero attached hydrogens (tertiary/aromatic N) is 3. The summed E-state index contributed by atoms with van der Waals surface area (Å²) in [5, 5.41) is 5.99. The van der Waals surface area contributed by atoms with Crippen LogP contribution >= 0.6 is 0 Å². The van der Waals surface area contributed by atoms with Crippen molar-refractivity contribution in [3.63, 3.8) is 0 Å². The number of nitrogens with one attached hydrogen (secondary N) is 3. The van der Waals surface area contributed by atoms with Crippen LogP contribution in [-0.2, 0) is 19.2 Å². The summed E-state index contributed by atoms with van der Waals surface area (Å²) in [6.45, 7) is 21.3. The predicted octanol–water partition coefficient (Wildman–Crippen LogP) is 1.15. The molecule has 4 unspecified atom stereocenters. The van der Waals surface area contributed by atoms with Crippen LogP contribution in [0.4, 0.5) is 0 Å². The van der Waals surface area contributed by atoms with Crippen LogP contribution in [0.1, 0.15) is 66.7 Å². The Hall–Kier alpha value is -2.34. The lowest BCUT2D eigenvalue weighted by molar-refractivity contribution is -0.132. The molecule has 41 heavy (non-hydrogen) atoms. The fraction of sp³-hybridized carbons (Fsp3) is 0.800. The number of aldehydes is 1. The van der Waals surface area contributed by atoms with Gasteiger partial charge in [0.25, 0.3) is 0 Å². The normalized spacial score (nSPS) is 19.0. The van der Waals surface area contributed by atoms with E-state index in [4.69, 9.17) is 5.84 Å². The summed E-state index contributed by atoms with van der Waals surface area (Å²) >= 11 is 0. The molecular weight excluding hydrogens is 522 g/mol. The summed E-state index contributed by atoms with van der Waals surface area (Å²) in [5.74, 6) is 6.78. The zero-order valence-corrected chi connectivity index (χ0v) is 26.2. The van der Waals surface area contributed by atoms with Crippen molar-refractivity contribution in [1.29, 1.82) is 0 Å². The second-order valence-electron chi connectivity index (χ2n) is 12.0. The summed E-state index contributed by atoms with van der Waals surface area (Å²) < 4.78 is 0. The number of Topliss-reactive ketones (excluding diaryl/α,β-unsaturated/α-hetero) is 1. The molecule has 2 aliphatic rings. The van der Waals surface area contributed by atoms with Crippen LogP contribution in [0, 0.1) is 17.8 Å². The molecule has 4 atom stereocenters. The lowest BCUT2D eigenvalue weighted by Gasteiger charge is -2.33. The first-order valence-electron chi connectivity index (χ1n) is 15.3. The van der Waals surface area contributed by atoms with Gasteiger partial charge in [-0.2, -0.15) is 0 Å². The van der Waals surface area contributed by atoms with E-state index in [2.05, 4.69) is 46.3 Å². The van der Waals surface area contributed by atoms with Gasteiger partial charge in [0.1, 0.15) is 12.1 Å². The molecule has 2 fully saturated rings. The fourth-order valence-corrected chi connectivity index (χ4v) is 5.37. The SMILES string of the molecule is C=C(CC(C)C)NCCC(=O)CC(C(C)NN)C(C)C(C)NC=O.O=CCN1CCN(CC(=O)N2CCCC2)CC1. The first-order chi connectivity index (χ1) is 19.5. The number of hydrogen-bond donors (Lipinski definition) is 4. The van der Waals surface area contributed by atoms with Crippen molar-refractivity contribution in [2.75, 3.05) is 58.9 Å². The second-order valence-corrected chi connectivity index (χ2v) is 12.0. The Balaban J connectivity index is 0.000000431. The molecule has 0 aromatic rings. The Morgan fingerprint density at radius 3 is 2.05 bits per heavy atom. The number of ketones is 1. The number of amides is 2. The molecule has 2 rings (SSSR count). The van der Waals surface area contributed by atoms with Gasteiger partial charge in [0.2, 0.25) is 12.3 Å². The molecule has 2 amide bonds.